The van der Waals surface area contributed by atoms with Crippen LogP contribution in [0.2, 0.25) is 0 Å². The van der Waals surface area contributed by atoms with E-state index in [0.29, 0.717) is 12.1 Å². The van der Waals surface area contributed by atoms with Gasteiger partial charge in [0, 0.05) is 12.1 Å². The highest BCUT2D eigenvalue weighted by atomic mass is 14.9. The number of rotatable bonds is 6. The van der Waals surface area contributed by atoms with Crippen molar-refractivity contribution in [1.29, 1.82) is 0 Å². The first-order chi connectivity index (χ1) is 10.1. The molecule has 1 aliphatic rings. The molecule has 1 aliphatic carbocycles. The second-order valence-electron chi connectivity index (χ2n) is 7.14. The zero-order valence-electron chi connectivity index (χ0n) is 14.2. The van der Waals surface area contributed by atoms with Crippen LogP contribution in [-0.4, -0.2) is 12.1 Å². The average molecular weight is 287 g/mol. The summed E-state index contributed by atoms with van der Waals surface area (Å²) < 4.78 is 0. The Kier molecular flexibility index (Phi) is 6.76. The molecule has 0 spiro atoms. The third kappa shape index (κ3) is 5.82. The van der Waals surface area contributed by atoms with E-state index >= 15 is 0 Å². The van der Waals surface area contributed by atoms with Gasteiger partial charge in [-0.2, -0.15) is 0 Å². The second-order valence-corrected chi connectivity index (χ2v) is 7.14. The molecule has 1 aromatic rings. The van der Waals surface area contributed by atoms with Gasteiger partial charge in [0.05, 0.1) is 0 Å². The van der Waals surface area contributed by atoms with Crippen LogP contribution in [0.1, 0.15) is 69.9 Å². The molecule has 1 fully saturated rings. The van der Waals surface area contributed by atoms with Crippen molar-refractivity contribution in [2.75, 3.05) is 0 Å². The molecule has 1 nitrogen and oxygen atoms in total. The third-order valence-electron chi connectivity index (χ3n) is 5.10. The minimum Gasteiger partial charge on any atom is -0.311 e. The Balaban J connectivity index is 1.74. The lowest BCUT2D eigenvalue weighted by atomic mass is 9.92. The van der Waals surface area contributed by atoms with Gasteiger partial charge in [-0.15, -0.1) is 0 Å². The summed E-state index contributed by atoms with van der Waals surface area (Å²) in [5.74, 6) is 0.897. The Labute approximate surface area is 131 Å². The fourth-order valence-electron chi connectivity index (χ4n) is 3.73. The third-order valence-corrected chi connectivity index (χ3v) is 5.10. The molecule has 0 aliphatic heterocycles. The molecule has 1 saturated carbocycles. The van der Waals surface area contributed by atoms with Gasteiger partial charge < -0.3 is 5.32 Å². The fraction of sp³-hybridized carbons (Fsp3) is 0.700. The number of nitrogens with one attached hydrogen (secondary N) is 1. The summed E-state index contributed by atoms with van der Waals surface area (Å²) in [7, 11) is 0. The average Bonchev–Trinajstić information content (AvgIpc) is 2.74. The second kappa shape index (κ2) is 8.58. The maximum atomic E-state index is 3.86. The number of hydrogen-bond acceptors (Lipinski definition) is 1. The molecule has 0 heterocycles. The number of hydrogen-bond donors (Lipinski definition) is 1. The predicted octanol–water partition coefficient (Wildman–Crippen LogP) is 5.26. The van der Waals surface area contributed by atoms with Gasteiger partial charge in [0.2, 0.25) is 0 Å². The molecule has 2 rings (SSSR count). The van der Waals surface area contributed by atoms with Crippen LogP contribution in [0.25, 0.3) is 0 Å². The highest BCUT2D eigenvalue weighted by molar-refractivity contribution is 5.22. The first-order valence-electron chi connectivity index (χ1n) is 8.97. The molecule has 0 saturated heterocycles. The largest absolute Gasteiger partial charge is 0.311 e. The molecule has 1 heteroatoms. The molecule has 21 heavy (non-hydrogen) atoms. The molecule has 1 N–H and O–H groups in total. The standard InChI is InChI=1S/C20H33N/c1-16-9-8-10-19(15-16)14-13-17(2)21-18(3)20-11-6-4-5-7-12-20/h8-10,15,17-18,20-21H,4-7,11-14H2,1-3H3/t17?,18-/m0/s1. The predicted molar refractivity (Wildman–Crippen MR) is 92.8 cm³/mol. The number of benzene rings is 1. The molecule has 118 valence electrons. The Hall–Kier alpha value is -0.820. The van der Waals surface area contributed by atoms with Crippen molar-refractivity contribution in [3.63, 3.8) is 0 Å². The summed E-state index contributed by atoms with van der Waals surface area (Å²) >= 11 is 0. The van der Waals surface area contributed by atoms with Gasteiger partial charge in [-0.25, -0.2) is 0 Å². The molecular weight excluding hydrogens is 254 g/mol. The van der Waals surface area contributed by atoms with Crippen LogP contribution in [0, 0.1) is 12.8 Å². The van der Waals surface area contributed by atoms with Gasteiger partial charge in [0.1, 0.15) is 0 Å². The first-order valence-corrected chi connectivity index (χ1v) is 8.97. The van der Waals surface area contributed by atoms with Gasteiger partial charge in [-0.1, -0.05) is 55.5 Å². The molecule has 1 aromatic carbocycles. The van der Waals surface area contributed by atoms with E-state index in [1.54, 1.807) is 0 Å². The van der Waals surface area contributed by atoms with E-state index in [9.17, 15) is 0 Å². The lowest BCUT2D eigenvalue weighted by molar-refractivity contribution is 0.309. The van der Waals surface area contributed by atoms with Crippen LogP contribution in [0.5, 0.6) is 0 Å². The minimum atomic E-state index is 0.615. The van der Waals surface area contributed by atoms with E-state index in [4.69, 9.17) is 0 Å². The van der Waals surface area contributed by atoms with Gasteiger partial charge >= 0.3 is 0 Å². The van der Waals surface area contributed by atoms with E-state index in [0.717, 1.165) is 5.92 Å². The van der Waals surface area contributed by atoms with Gasteiger partial charge in [0.15, 0.2) is 0 Å². The first kappa shape index (κ1) is 16.5. The SMILES string of the molecule is Cc1cccc(CCC(C)N[C@@H](C)C2CCCCCC2)c1. The molecule has 0 aromatic heterocycles. The van der Waals surface area contributed by atoms with E-state index in [2.05, 4.69) is 50.4 Å². The summed E-state index contributed by atoms with van der Waals surface area (Å²) in [6.45, 7) is 6.93. The highest BCUT2D eigenvalue weighted by Gasteiger charge is 2.20. The van der Waals surface area contributed by atoms with Crippen molar-refractivity contribution in [3.05, 3.63) is 35.4 Å². The maximum absolute atomic E-state index is 3.86. The lowest BCUT2D eigenvalue weighted by Crippen LogP contribution is -2.39. The van der Waals surface area contributed by atoms with Crippen molar-refractivity contribution in [1.82, 2.24) is 5.32 Å². The highest BCUT2D eigenvalue weighted by Crippen LogP contribution is 2.25. The van der Waals surface area contributed by atoms with Crippen molar-refractivity contribution < 1.29 is 0 Å². The van der Waals surface area contributed by atoms with Gasteiger partial charge in [0.25, 0.3) is 0 Å². The van der Waals surface area contributed by atoms with Crippen molar-refractivity contribution >= 4 is 0 Å². The summed E-state index contributed by atoms with van der Waals surface area (Å²) in [5.41, 5.74) is 2.85. The Morgan fingerprint density at radius 1 is 1.10 bits per heavy atom. The minimum absolute atomic E-state index is 0.615. The van der Waals surface area contributed by atoms with E-state index in [1.807, 2.05) is 0 Å². The van der Waals surface area contributed by atoms with Gasteiger partial charge in [-0.05, 0) is 57.9 Å². The maximum Gasteiger partial charge on any atom is 0.00694 e. The summed E-state index contributed by atoms with van der Waals surface area (Å²) in [6.07, 6.45) is 11.1. The smallest absolute Gasteiger partial charge is 0.00694 e. The van der Waals surface area contributed by atoms with Crippen molar-refractivity contribution in [3.8, 4) is 0 Å². The van der Waals surface area contributed by atoms with Crippen molar-refractivity contribution in [2.24, 2.45) is 5.92 Å². The van der Waals surface area contributed by atoms with Crippen LogP contribution >= 0.6 is 0 Å². The quantitative estimate of drug-likeness (QED) is 0.703. The van der Waals surface area contributed by atoms with E-state index in [1.165, 1.54) is 62.5 Å². The molecule has 0 bridgehead atoms. The summed E-state index contributed by atoms with van der Waals surface area (Å²) in [5, 5.41) is 3.86. The molecule has 2 atom stereocenters. The van der Waals surface area contributed by atoms with Crippen LogP contribution in [0.15, 0.2) is 24.3 Å². The molecule has 0 amide bonds. The van der Waals surface area contributed by atoms with Crippen molar-refractivity contribution in [2.45, 2.75) is 84.2 Å². The molecule has 0 radical (unpaired) electrons. The molecule has 1 unspecified atom stereocenters. The zero-order chi connectivity index (χ0) is 15.1. The monoisotopic (exact) mass is 287 g/mol. The zero-order valence-corrected chi connectivity index (χ0v) is 14.2. The fourth-order valence-corrected chi connectivity index (χ4v) is 3.73. The van der Waals surface area contributed by atoms with Crippen LogP contribution in [0.3, 0.4) is 0 Å². The lowest BCUT2D eigenvalue weighted by Gasteiger charge is -2.27. The summed E-state index contributed by atoms with van der Waals surface area (Å²) in [6, 6.07) is 10.2. The topological polar surface area (TPSA) is 12.0 Å². The Bertz CT molecular complexity index is 404. The number of aryl methyl sites for hydroxylation is 2. The van der Waals surface area contributed by atoms with Crippen LogP contribution in [-0.2, 0) is 6.42 Å². The normalized spacial score (nSPS) is 20.0. The van der Waals surface area contributed by atoms with Gasteiger partial charge in [-0.3, -0.25) is 0 Å². The molecular formula is C20H33N. The van der Waals surface area contributed by atoms with Crippen LogP contribution in [0.4, 0.5) is 0 Å². The van der Waals surface area contributed by atoms with Crippen LogP contribution < -0.4 is 5.32 Å². The van der Waals surface area contributed by atoms with E-state index in [-0.39, 0.29) is 0 Å². The Morgan fingerprint density at radius 2 is 1.81 bits per heavy atom. The summed E-state index contributed by atoms with van der Waals surface area (Å²) in [4.78, 5) is 0. The Morgan fingerprint density at radius 3 is 2.48 bits per heavy atom. The van der Waals surface area contributed by atoms with E-state index < -0.39 is 0 Å².